The van der Waals surface area contributed by atoms with E-state index >= 15 is 0 Å². The van der Waals surface area contributed by atoms with E-state index in [4.69, 9.17) is 4.42 Å². The highest BCUT2D eigenvalue weighted by atomic mass is 16.3. The van der Waals surface area contributed by atoms with Crippen molar-refractivity contribution in [3.63, 3.8) is 0 Å². The van der Waals surface area contributed by atoms with Crippen LogP contribution in [0.4, 0.5) is 0 Å². The SMILES string of the molecule is c1coc([C@@H](CNCc2cnc3ccccn23)N2CCCC2)c1. The molecule has 1 saturated heterocycles. The average Bonchev–Trinajstić information content (AvgIpc) is 3.33. The number of imidazole rings is 1. The number of nitrogens with zero attached hydrogens (tertiary/aromatic N) is 3. The van der Waals surface area contributed by atoms with Gasteiger partial charge in [-0.15, -0.1) is 0 Å². The van der Waals surface area contributed by atoms with Crippen molar-refractivity contribution >= 4 is 5.65 Å². The molecule has 0 unspecified atom stereocenters. The molecule has 0 spiro atoms. The predicted molar refractivity (Wildman–Crippen MR) is 89.2 cm³/mol. The Hall–Kier alpha value is -2.11. The van der Waals surface area contributed by atoms with Crippen molar-refractivity contribution in [1.82, 2.24) is 19.6 Å². The number of furan rings is 1. The molecule has 1 N–H and O–H groups in total. The second kappa shape index (κ2) is 6.56. The van der Waals surface area contributed by atoms with Gasteiger partial charge in [-0.1, -0.05) is 6.07 Å². The summed E-state index contributed by atoms with van der Waals surface area (Å²) >= 11 is 0. The van der Waals surface area contributed by atoms with E-state index in [0.717, 1.165) is 37.6 Å². The van der Waals surface area contributed by atoms with E-state index in [2.05, 4.69) is 31.9 Å². The van der Waals surface area contributed by atoms with Gasteiger partial charge in [-0.25, -0.2) is 4.98 Å². The number of fused-ring (bicyclic) bond motifs is 1. The number of pyridine rings is 1. The molecule has 0 amide bonds. The first-order valence-corrected chi connectivity index (χ1v) is 8.31. The lowest BCUT2D eigenvalue weighted by Gasteiger charge is -2.26. The monoisotopic (exact) mass is 310 g/mol. The van der Waals surface area contributed by atoms with Crippen LogP contribution in [0.25, 0.3) is 5.65 Å². The van der Waals surface area contributed by atoms with E-state index in [1.807, 2.05) is 30.5 Å². The zero-order chi connectivity index (χ0) is 15.5. The third-order valence-corrected chi connectivity index (χ3v) is 4.59. The predicted octanol–water partition coefficient (Wildman–Crippen LogP) is 2.85. The third-order valence-electron chi connectivity index (χ3n) is 4.59. The fourth-order valence-electron chi connectivity index (χ4n) is 3.40. The maximum atomic E-state index is 5.67. The lowest BCUT2D eigenvalue weighted by Crippen LogP contribution is -2.33. The van der Waals surface area contributed by atoms with Crippen molar-refractivity contribution in [1.29, 1.82) is 0 Å². The van der Waals surface area contributed by atoms with Gasteiger partial charge in [-0.2, -0.15) is 0 Å². The van der Waals surface area contributed by atoms with Gasteiger partial charge in [0.15, 0.2) is 0 Å². The summed E-state index contributed by atoms with van der Waals surface area (Å²) in [6, 6.07) is 10.4. The fraction of sp³-hybridized carbons (Fsp3) is 0.389. The summed E-state index contributed by atoms with van der Waals surface area (Å²) in [6.45, 7) is 4.00. The number of hydrogen-bond acceptors (Lipinski definition) is 4. The Bertz CT molecular complexity index is 743. The number of nitrogens with one attached hydrogen (secondary N) is 1. The van der Waals surface area contributed by atoms with Crippen molar-refractivity contribution in [2.24, 2.45) is 0 Å². The van der Waals surface area contributed by atoms with Crippen LogP contribution in [-0.2, 0) is 6.54 Å². The number of likely N-dealkylation sites (tertiary alicyclic amines) is 1. The van der Waals surface area contributed by atoms with Gasteiger partial charge in [0.25, 0.3) is 0 Å². The number of hydrogen-bond donors (Lipinski definition) is 1. The van der Waals surface area contributed by atoms with Gasteiger partial charge in [-0.3, -0.25) is 4.90 Å². The first-order chi connectivity index (χ1) is 11.4. The topological polar surface area (TPSA) is 45.7 Å². The molecule has 3 aromatic heterocycles. The lowest BCUT2D eigenvalue weighted by molar-refractivity contribution is 0.209. The van der Waals surface area contributed by atoms with Crippen LogP contribution >= 0.6 is 0 Å². The lowest BCUT2D eigenvalue weighted by atomic mass is 10.2. The largest absolute Gasteiger partial charge is 0.468 e. The average molecular weight is 310 g/mol. The van der Waals surface area contributed by atoms with E-state index in [9.17, 15) is 0 Å². The van der Waals surface area contributed by atoms with Gasteiger partial charge in [0.1, 0.15) is 11.4 Å². The molecule has 23 heavy (non-hydrogen) atoms. The van der Waals surface area contributed by atoms with Crippen molar-refractivity contribution < 1.29 is 4.42 Å². The molecule has 3 aromatic rings. The first kappa shape index (κ1) is 14.5. The molecule has 4 heterocycles. The molecule has 120 valence electrons. The molecule has 5 nitrogen and oxygen atoms in total. The van der Waals surface area contributed by atoms with Crippen molar-refractivity contribution in [3.05, 3.63) is 60.4 Å². The van der Waals surface area contributed by atoms with E-state index in [0.29, 0.717) is 6.04 Å². The highest BCUT2D eigenvalue weighted by molar-refractivity contribution is 5.39. The highest BCUT2D eigenvalue weighted by Gasteiger charge is 2.25. The molecule has 0 aromatic carbocycles. The minimum atomic E-state index is 0.312. The Kier molecular flexibility index (Phi) is 4.13. The van der Waals surface area contributed by atoms with Gasteiger partial charge >= 0.3 is 0 Å². The minimum Gasteiger partial charge on any atom is -0.468 e. The smallest absolute Gasteiger partial charge is 0.136 e. The molecule has 1 fully saturated rings. The van der Waals surface area contributed by atoms with Gasteiger partial charge in [0, 0.05) is 19.3 Å². The van der Waals surface area contributed by atoms with Gasteiger partial charge < -0.3 is 14.1 Å². The van der Waals surface area contributed by atoms with Gasteiger partial charge in [0.05, 0.1) is 24.2 Å². The second-order valence-electron chi connectivity index (χ2n) is 6.08. The van der Waals surface area contributed by atoms with Crippen LogP contribution in [0.3, 0.4) is 0 Å². The maximum Gasteiger partial charge on any atom is 0.136 e. The standard InChI is InChI=1S/C18H22N4O/c1-2-10-22-15(13-20-18(22)7-1)12-19-14-16(17-6-5-11-23-17)21-8-3-4-9-21/h1-2,5-7,10-11,13,16,19H,3-4,8-9,12,14H2/t16-/m1/s1. The van der Waals surface area contributed by atoms with E-state index < -0.39 is 0 Å². The Labute approximate surface area is 135 Å². The zero-order valence-electron chi connectivity index (χ0n) is 13.2. The number of rotatable bonds is 6. The van der Waals surface area contributed by atoms with Crippen molar-refractivity contribution in [2.75, 3.05) is 19.6 Å². The molecular formula is C18H22N4O. The molecule has 1 atom stereocenters. The summed E-state index contributed by atoms with van der Waals surface area (Å²) in [7, 11) is 0. The molecule has 0 saturated carbocycles. The Morgan fingerprint density at radius 1 is 1.17 bits per heavy atom. The Morgan fingerprint density at radius 3 is 2.91 bits per heavy atom. The van der Waals surface area contributed by atoms with Gasteiger partial charge in [-0.05, 0) is 50.2 Å². The first-order valence-electron chi connectivity index (χ1n) is 8.31. The second-order valence-corrected chi connectivity index (χ2v) is 6.08. The summed E-state index contributed by atoms with van der Waals surface area (Å²) < 4.78 is 7.80. The molecule has 0 radical (unpaired) electrons. The fourth-order valence-corrected chi connectivity index (χ4v) is 3.40. The molecule has 1 aliphatic rings. The normalized spacial score (nSPS) is 17.0. The van der Waals surface area contributed by atoms with Crippen molar-refractivity contribution in [2.45, 2.75) is 25.4 Å². The van der Waals surface area contributed by atoms with Crippen LogP contribution in [0.15, 0.2) is 53.4 Å². The van der Waals surface area contributed by atoms with Crippen LogP contribution in [0.2, 0.25) is 0 Å². The Balaban J connectivity index is 1.43. The molecular weight excluding hydrogens is 288 g/mol. The summed E-state index contributed by atoms with van der Waals surface area (Å²) in [4.78, 5) is 6.95. The molecule has 4 rings (SSSR count). The highest BCUT2D eigenvalue weighted by Crippen LogP contribution is 2.25. The summed E-state index contributed by atoms with van der Waals surface area (Å²) in [5.74, 6) is 1.05. The van der Waals surface area contributed by atoms with Crippen LogP contribution < -0.4 is 5.32 Å². The summed E-state index contributed by atoms with van der Waals surface area (Å²) in [5.41, 5.74) is 2.17. The Morgan fingerprint density at radius 2 is 2.09 bits per heavy atom. The van der Waals surface area contributed by atoms with Crippen LogP contribution in [0.5, 0.6) is 0 Å². The molecule has 1 aliphatic heterocycles. The van der Waals surface area contributed by atoms with Crippen LogP contribution in [-0.4, -0.2) is 33.9 Å². The van der Waals surface area contributed by atoms with Gasteiger partial charge in [0.2, 0.25) is 0 Å². The molecule has 0 aliphatic carbocycles. The summed E-state index contributed by atoms with van der Waals surface area (Å²) in [6.07, 6.45) is 8.34. The molecule has 5 heteroatoms. The minimum absolute atomic E-state index is 0.312. The van der Waals surface area contributed by atoms with E-state index in [1.54, 1.807) is 6.26 Å². The summed E-state index contributed by atoms with van der Waals surface area (Å²) in [5, 5.41) is 3.58. The van der Waals surface area contributed by atoms with Crippen LogP contribution in [0.1, 0.15) is 30.3 Å². The van der Waals surface area contributed by atoms with Crippen molar-refractivity contribution in [3.8, 4) is 0 Å². The quantitative estimate of drug-likeness (QED) is 0.760. The maximum absolute atomic E-state index is 5.67. The van der Waals surface area contributed by atoms with Crippen LogP contribution in [0, 0.1) is 0 Å². The zero-order valence-corrected chi connectivity index (χ0v) is 13.2. The third kappa shape index (κ3) is 3.02. The number of aromatic nitrogens is 2. The van der Waals surface area contributed by atoms with E-state index in [1.165, 1.54) is 18.5 Å². The van der Waals surface area contributed by atoms with E-state index in [-0.39, 0.29) is 0 Å². The molecule has 0 bridgehead atoms.